The summed E-state index contributed by atoms with van der Waals surface area (Å²) in [6.45, 7) is 1.97. The van der Waals surface area contributed by atoms with Crippen LogP contribution in [0.3, 0.4) is 0 Å². The first kappa shape index (κ1) is 17.0. The molecule has 3 aromatic rings. The molecule has 25 heavy (non-hydrogen) atoms. The van der Waals surface area contributed by atoms with Gasteiger partial charge in [0.1, 0.15) is 5.01 Å². The first-order valence-electron chi connectivity index (χ1n) is 7.03. The van der Waals surface area contributed by atoms with Crippen LogP contribution in [0.5, 0.6) is 0 Å². The van der Waals surface area contributed by atoms with Crippen molar-refractivity contribution in [3.8, 4) is 10.6 Å². The van der Waals surface area contributed by atoms with Crippen LogP contribution in [-0.2, 0) is 10.0 Å². The molecule has 0 amide bonds. The largest absolute Gasteiger partial charge is 0.269 e. The van der Waals surface area contributed by atoms with Gasteiger partial charge in [0.2, 0.25) is 5.13 Å². The molecule has 0 unspecified atom stereocenters. The predicted molar refractivity (Wildman–Crippen MR) is 94.0 cm³/mol. The normalized spacial score (nSPS) is 11.2. The van der Waals surface area contributed by atoms with Crippen molar-refractivity contribution >= 4 is 32.2 Å². The van der Waals surface area contributed by atoms with Crippen LogP contribution >= 0.6 is 11.3 Å². The lowest BCUT2D eigenvalue weighted by molar-refractivity contribution is -0.384. The van der Waals surface area contributed by atoms with Crippen LogP contribution in [0.25, 0.3) is 10.6 Å². The Balaban J connectivity index is 1.81. The summed E-state index contributed by atoms with van der Waals surface area (Å²) in [5.74, 6) is 0. The maximum Gasteiger partial charge on any atom is 0.269 e. The standard InChI is InChI=1S/C15H12N4O4S2/c1-10-2-4-11(5-3-10)14-16-17-15(24-14)18-25(22,23)13-8-6-12(7-9-13)19(20)21/h2-9H,1H3,(H,17,18). The number of nitro groups is 1. The fourth-order valence-corrected chi connectivity index (χ4v) is 3.98. The molecule has 8 nitrogen and oxygen atoms in total. The van der Waals surface area contributed by atoms with Crippen molar-refractivity contribution in [2.24, 2.45) is 0 Å². The fraction of sp³-hybridized carbons (Fsp3) is 0.0667. The summed E-state index contributed by atoms with van der Waals surface area (Å²) < 4.78 is 27.0. The number of non-ortho nitro benzene ring substituents is 1. The van der Waals surface area contributed by atoms with Gasteiger partial charge in [-0.3, -0.25) is 14.8 Å². The van der Waals surface area contributed by atoms with Crippen LogP contribution in [0, 0.1) is 17.0 Å². The Morgan fingerprint density at radius 3 is 2.28 bits per heavy atom. The lowest BCUT2D eigenvalue weighted by atomic mass is 10.2. The van der Waals surface area contributed by atoms with E-state index in [-0.39, 0.29) is 15.7 Å². The number of nitrogens with zero attached hydrogens (tertiary/aromatic N) is 3. The third kappa shape index (κ3) is 3.80. The van der Waals surface area contributed by atoms with Crippen LogP contribution in [0.1, 0.15) is 5.56 Å². The minimum absolute atomic E-state index is 0.0924. The van der Waals surface area contributed by atoms with E-state index >= 15 is 0 Å². The number of nitro benzene ring substituents is 1. The maximum absolute atomic E-state index is 12.3. The Kier molecular flexibility index (Phi) is 4.47. The fourth-order valence-electron chi connectivity index (χ4n) is 2.00. The molecule has 1 heterocycles. The zero-order valence-electron chi connectivity index (χ0n) is 12.9. The Bertz CT molecular complexity index is 1010. The van der Waals surface area contributed by atoms with Crippen molar-refractivity contribution in [1.82, 2.24) is 10.2 Å². The monoisotopic (exact) mass is 376 g/mol. The Morgan fingerprint density at radius 1 is 1.04 bits per heavy atom. The highest BCUT2D eigenvalue weighted by Gasteiger charge is 2.18. The second-order valence-electron chi connectivity index (χ2n) is 5.13. The summed E-state index contributed by atoms with van der Waals surface area (Å²) in [7, 11) is -3.90. The van der Waals surface area contributed by atoms with Crippen molar-refractivity contribution in [3.05, 3.63) is 64.2 Å². The van der Waals surface area contributed by atoms with E-state index in [9.17, 15) is 18.5 Å². The Morgan fingerprint density at radius 2 is 1.68 bits per heavy atom. The van der Waals surface area contributed by atoms with Crippen molar-refractivity contribution in [3.63, 3.8) is 0 Å². The van der Waals surface area contributed by atoms with E-state index in [1.54, 1.807) is 0 Å². The summed E-state index contributed by atoms with van der Waals surface area (Å²) in [5.41, 5.74) is 1.76. The molecule has 0 aliphatic rings. The van der Waals surface area contributed by atoms with E-state index in [1.165, 1.54) is 12.1 Å². The molecule has 0 aliphatic heterocycles. The molecular formula is C15H12N4O4S2. The number of nitrogens with one attached hydrogen (secondary N) is 1. The molecule has 0 aliphatic carbocycles. The Hall–Kier alpha value is -2.85. The molecule has 2 aromatic carbocycles. The first-order valence-corrected chi connectivity index (χ1v) is 9.33. The number of rotatable bonds is 5. The number of anilines is 1. The summed E-state index contributed by atoms with van der Waals surface area (Å²) in [6.07, 6.45) is 0. The highest BCUT2D eigenvalue weighted by molar-refractivity contribution is 7.93. The SMILES string of the molecule is Cc1ccc(-c2nnc(NS(=O)(=O)c3ccc([N+](=O)[O-])cc3)s2)cc1. The van der Waals surface area contributed by atoms with Crippen molar-refractivity contribution in [2.45, 2.75) is 11.8 Å². The van der Waals surface area contributed by atoms with Crippen LogP contribution in [0.4, 0.5) is 10.8 Å². The molecule has 0 fully saturated rings. The third-order valence-electron chi connectivity index (χ3n) is 3.30. The molecule has 0 spiro atoms. The average molecular weight is 376 g/mol. The average Bonchev–Trinajstić information content (AvgIpc) is 3.03. The van der Waals surface area contributed by atoms with Gasteiger partial charge in [0.05, 0.1) is 9.82 Å². The van der Waals surface area contributed by atoms with Gasteiger partial charge in [0.15, 0.2) is 0 Å². The van der Waals surface area contributed by atoms with E-state index in [1.807, 2.05) is 31.2 Å². The van der Waals surface area contributed by atoms with Crippen molar-refractivity contribution in [2.75, 3.05) is 4.72 Å². The van der Waals surface area contributed by atoms with Crippen LogP contribution in [0.2, 0.25) is 0 Å². The number of aryl methyl sites for hydroxylation is 1. The minimum Gasteiger partial charge on any atom is -0.258 e. The van der Waals surface area contributed by atoms with E-state index < -0.39 is 14.9 Å². The molecule has 1 N–H and O–H groups in total. The highest BCUT2D eigenvalue weighted by Crippen LogP contribution is 2.28. The minimum atomic E-state index is -3.90. The lowest BCUT2D eigenvalue weighted by Crippen LogP contribution is -2.12. The molecule has 0 radical (unpaired) electrons. The van der Waals surface area contributed by atoms with Gasteiger partial charge in [-0.2, -0.15) is 0 Å². The molecule has 0 bridgehead atoms. The highest BCUT2D eigenvalue weighted by atomic mass is 32.2. The van der Waals surface area contributed by atoms with Crippen molar-refractivity contribution in [1.29, 1.82) is 0 Å². The van der Waals surface area contributed by atoms with Gasteiger partial charge in [-0.25, -0.2) is 8.42 Å². The van der Waals surface area contributed by atoms with E-state index in [2.05, 4.69) is 14.9 Å². The quantitative estimate of drug-likeness (QED) is 0.540. The molecule has 3 rings (SSSR count). The van der Waals surface area contributed by atoms with Gasteiger partial charge < -0.3 is 0 Å². The number of hydrogen-bond donors (Lipinski definition) is 1. The molecule has 10 heteroatoms. The van der Waals surface area contributed by atoms with Gasteiger partial charge in [-0.15, -0.1) is 10.2 Å². The molecule has 128 valence electrons. The van der Waals surface area contributed by atoms with Crippen LogP contribution < -0.4 is 4.72 Å². The summed E-state index contributed by atoms with van der Waals surface area (Å²) in [4.78, 5) is 9.95. The second-order valence-corrected chi connectivity index (χ2v) is 7.79. The number of benzene rings is 2. The molecule has 1 aromatic heterocycles. The molecular weight excluding hydrogens is 364 g/mol. The predicted octanol–water partition coefficient (Wildman–Crippen LogP) is 3.22. The van der Waals surface area contributed by atoms with Crippen LogP contribution in [0.15, 0.2) is 53.4 Å². The topological polar surface area (TPSA) is 115 Å². The van der Waals surface area contributed by atoms with Gasteiger partial charge in [-0.05, 0) is 19.1 Å². The zero-order chi connectivity index (χ0) is 18.0. The smallest absolute Gasteiger partial charge is 0.258 e. The number of hydrogen-bond acceptors (Lipinski definition) is 7. The summed E-state index contributed by atoms with van der Waals surface area (Å²) >= 11 is 1.10. The van der Waals surface area contributed by atoms with Gasteiger partial charge in [0, 0.05) is 17.7 Å². The number of sulfonamides is 1. The Labute approximate surface area is 147 Å². The molecule has 0 saturated heterocycles. The van der Waals surface area contributed by atoms with E-state index in [0.717, 1.165) is 34.6 Å². The third-order valence-corrected chi connectivity index (χ3v) is 5.67. The molecule has 0 atom stereocenters. The lowest BCUT2D eigenvalue weighted by Gasteiger charge is -2.04. The second kappa shape index (κ2) is 6.57. The van der Waals surface area contributed by atoms with Crippen LogP contribution in [-0.4, -0.2) is 23.5 Å². The number of aromatic nitrogens is 2. The first-order chi connectivity index (χ1) is 11.8. The van der Waals surface area contributed by atoms with Gasteiger partial charge in [-0.1, -0.05) is 41.2 Å². The zero-order valence-corrected chi connectivity index (χ0v) is 14.5. The molecule has 0 saturated carbocycles. The maximum atomic E-state index is 12.3. The summed E-state index contributed by atoms with van der Waals surface area (Å²) in [6, 6.07) is 12.2. The van der Waals surface area contributed by atoms with Gasteiger partial charge >= 0.3 is 0 Å². The van der Waals surface area contributed by atoms with Gasteiger partial charge in [0.25, 0.3) is 15.7 Å². The summed E-state index contributed by atoms with van der Waals surface area (Å²) in [5, 5.41) is 19.2. The van der Waals surface area contributed by atoms with E-state index in [0.29, 0.717) is 5.01 Å². The van der Waals surface area contributed by atoms with Crippen molar-refractivity contribution < 1.29 is 13.3 Å². The van der Waals surface area contributed by atoms with E-state index in [4.69, 9.17) is 0 Å².